The van der Waals surface area contributed by atoms with Crippen molar-refractivity contribution in [2.24, 2.45) is 12.8 Å². The van der Waals surface area contributed by atoms with Crippen LogP contribution < -0.4 is 5.73 Å². The molecule has 3 rings (SSSR count). The summed E-state index contributed by atoms with van der Waals surface area (Å²) in [6, 6.07) is 8.26. The van der Waals surface area contributed by atoms with Gasteiger partial charge in [0.05, 0.1) is 17.1 Å². The van der Waals surface area contributed by atoms with E-state index in [-0.39, 0.29) is 11.9 Å². The summed E-state index contributed by atoms with van der Waals surface area (Å²) in [4.78, 5) is 5.48. The van der Waals surface area contributed by atoms with Crippen LogP contribution in [-0.2, 0) is 7.05 Å². The third kappa shape index (κ3) is 1.72. The smallest absolute Gasteiger partial charge is 0.132 e. The number of halogens is 1. The third-order valence-electron chi connectivity index (χ3n) is 3.01. The zero-order valence-corrected chi connectivity index (χ0v) is 10.6. The van der Waals surface area contributed by atoms with E-state index in [1.54, 1.807) is 17.4 Å². The molecule has 0 aliphatic carbocycles. The normalized spacial score (nSPS) is 13.1. The van der Waals surface area contributed by atoms with Gasteiger partial charge < -0.3 is 10.3 Å². The first kappa shape index (κ1) is 11.4. The molecule has 0 spiro atoms. The molecule has 18 heavy (non-hydrogen) atoms. The van der Waals surface area contributed by atoms with Gasteiger partial charge in [0.1, 0.15) is 11.6 Å². The lowest BCUT2D eigenvalue weighted by atomic mass is 10.2. The molecule has 0 amide bonds. The summed E-state index contributed by atoms with van der Waals surface area (Å²) in [7, 11) is 1.90. The van der Waals surface area contributed by atoms with E-state index < -0.39 is 0 Å². The van der Waals surface area contributed by atoms with Crippen LogP contribution in [0.1, 0.15) is 16.7 Å². The first-order chi connectivity index (χ1) is 8.66. The predicted octanol–water partition coefficient (Wildman–Crippen LogP) is 2.82. The Hall–Kier alpha value is -1.72. The highest BCUT2D eigenvalue weighted by Crippen LogP contribution is 2.26. The number of hydrogen-bond acceptors (Lipinski definition) is 3. The Balaban J connectivity index is 2.15. The van der Waals surface area contributed by atoms with Crippen LogP contribution in [-0.4, -0.2) is 9.55 Å². The fourth-order valence-corrected chi connectivity index (χ4v) is 2.79. The van der Waals surface area contributed by atoms with Crippen molar-refractivity contribution in [2.45, 2.75) is 6.04 Å². The summed E-state index contributed by atoms with van der Waals surface area (Å²) in [5.41, 5.74) is 7.72. The highest BCUT2D eigenvalue weighted by molar-refractivity contribution is 7.10. The molecule has 1 unspecified atom stereocenters. The molecule has 5 heteroatoms. The van der Waals surface area contributed by atoms with Crippen LogP contribution in [0.5, 0.6) is 0 Å². The minimum absolute atomic E-state index is 0.273. The molecule has 1 aromatic carbocycles. The Morgan fingerprint density at radius 2 is 2.22 bits per heavy atom. The number of nitrogens with zero attached hydrogens (tertiary/aromatic N) is 2. The Kier molecular flexibility index (Phi) is 2.65. The summed E-state index contributed by atoms with van der Waals surface area (Å²) in [5, 5.41) is 1.98. The average molecular weight is 261 g/mol. The Bertz CT molecular complexity index is 688. The Morgan fingerprint density at radius 3 is 2.94 bits per heavy atom. The molecule has 1 atom stereocenters. The average Bonchev–Trinajstić information content (AvgIpc) is 2.97. The van der Waals surface area contributed by atoms with Crippen molar-refractivity contribution in [2.75, 3.05) is 0 Å². The number of imidazole rings is 1. The van der Waals surface area contributed by atoms with E-state index in [1.807, 2.05) is 29.1 Å². The maximum absolute atomic E-state index is 13.2. The molecule has 3 nitrogen and oxygen atoms in total. The van der Waals surface area contributed by atoms with Crippen LogP contribution in [0.4, 0.5) is 4.39 Å². The van der Waals surface area contributed by atoms with Gasteiger partial charge in [0.2, 0.25) is 0 Å². The standard InChI is InChI=1S/C13H12FN3S/c1-17-10-5-4-8(14)7-9(10)16-13(17)12(15)11-3-2-6-18-11/h2-7,12H,15H2,1H3. The highest BCUT2D eigenvalue weighted by Gasteiger charge is 2.17. The second-order valence-corrected chi connectivity index (χ2v) is 5.13. The van der Waals surface area contributed by atoms with Crippen molar-refractivity contribution < 1.29 is 4.39 Å². The summed E-state index contributed by atoms with van der Waals surface area (Å²) in [6.45, 7) is 0. The molecule has 0 aliphatic heterocycles. The van der Waals surface area contributed by atoms with Crippen molar-refractivity contribution in [1.29, 1.82) is 0 Å². The van der Waals surface area contributed by atoms with Gasteiger partial charge in [-0.1, -0.05) is 6.07 Å². The fraction of sp³-hybridized carbons (Fsp3) is 0.154. The molecule has 0 radical (unpaired) electrons. The number of nitrogens with two attached hydrogens (primary N) is 1. The SMILES string of the molecule is Cn1c(C(N)c2cccs2)nc2cc(F)ccc21. The highest BCUT2D eigenvalue weighted by atomic mass is 32.1. The van der Waals surface area contributed by atoms with Gasteiger partial charge in [0, 0.05) is 18.0 Å². The largest absolute Gasteiger partial charge is 0.329 e. The maximum atomic E-state index is 13.2. The van der Waals surface area contributed by atoms with Crippen LogP contribution in [0.3, 0.4) is 0 Å². The predicted molar refractivity (Wildman–Crippen MR) is 71.0 cm³/mol. The lowest BCUT2D eigenvalue weighted by Crippen LogP contribution is -2.15. The Labute approximate surface area is 108 Å². The lowest BCUT2D eigenvalue weighted by Gasteiger charge is -2.09. The van der Waals surface area contributed by atoms with E-state index in [9.17, 15) is 4.39 Å². The van der Waals surface area contributed by atoms with E-state index in [1.165, 1.54) is 12.1 Å². The summed E-state index contributed by atoms with van der Waals surface area (Å²) in [5.74, 6) is 0.467. The summed E-state index contributed by atoms with van der Waals surface area (Å²) in [6.07, 6.45) is 0. The number of hydrogen-bond donors (Lipinski definition) is 1. The third-order valence-corrected chi connectivity index (χ3v) is 3.96. The van der Waals surface area contributed by atoms with Crippen molar-refractivity contribution >= 4 is 22.4 Å². The zero-order chi connectivity index (χ0) is 12.7. The van der Waals surface area contributed by atoms with Gasteiger partial charge in [0.15, 0.2) is 0 Å². The van der Waals surface area contributed by atoms with E-state index >= 15 is 0 Å². The second kappa shape index (κ2) is 4.19. The van der Waals surface area contributed by atoms with Gasteiger partial charge in [-0.15, -0.1) is 11.3 Å². The van der Waals surface area contributed by atoms with Gasteiger partial charge in [0.25, 0.3) is 0 Å². The monoisotopic (exact) mass is 261 g/mol. The topological polar surface area (TPSA) is 43.8 Å². The molecule has 0 saturated heterocycles. The number of aromatic nitrogens is 2. The van der Waals surface area contributed by atoms with E-state index in [2.05, 4.69) is 4.98 Å². The number of benzene rings is 1. The molecular formula is C13H12FN3S. The number of thiophene rings is 1. The van der Waals surface area contributed by atoms with Crippen LogP contribution >= 0.6 is 11.3 Å². The van der Waals surface area contributed by atoms with Gasteiger partial charge in [-0.25, -0.2) is 9.37 Å². The van der Waals surface area contributed by atoms with Crippen molar-refractivity contribution in [3.8, 4) is 0 Å². The van der Waals surface area contributed by atoms with Gasteiger partial charge in [-0.2, -0.15) is 0 Å². The first-order valence-corrected chi connectivity index (χ1v) is 6.45. The van der Waals surface area contributed by atoms with Crippen molar-refractivity contribution in [1.82, 2.24) is 9.55 Å². The quantitative estimate of drug-likeness (QED) is 0.771. The van der Waals surface area contributed by atoms with E-state index in [4.69, 9.17) is 5.73 Å². The minimum atomic E-state index is -0.281. The van der Waals surface area contributed by atoms with E-state index in [0.29, 0.717) is 5.52 Å². The molecular weight excluding hydrogens is 249 g/mol. The maximum Gasteiger partial charge on any atom is 0.132 e. The second-order valence-electron chi connectivity index (χ2n) is 4.16. The summed E-state index contributed by atoms with van der Waals surface area (Å²) < 4.78 is 15.1. The van der Waals surface area contributed by atoms with Crippen LogP contribution in [0.2, 0.25) is 0 Å². The van der Waals surface area contributed by atoms with Crippen LogP contribution in [0, 0.1) is 5.82 Å². The molecule has 2 aromatic heterocycles. The molecule has 92 valence electrons. The molecule has 0 fully saturated rings. The van der Waals surface area contributed by atoms with Gasteiger partial charge in [-0.3, -0.25) is 0 Å². The minimum Gasteiger partial charge on any atom is -0.329 e. The first-order valence-electron chi connectivity index (χ1n) is 5.57. The van der Waals surface area contributed by atoms with Crippen LogP contribution in [0.15, 0.2) is 35.7 Å². The van der Waals surface area contributed by atoms with Crippen molar-refractivity contribution in [3.63, 3.8) is 0 Å². The van der Waals surface area contributed by atoms with Gasteiger partial charge >= 0.3 is 0 Å². The number of aryl methyl sites for hydroxylation is 1. The number of rotatable bonds is 2. The zero-order valence-electron chi connectivity index (χ0n) is 9.80. The summed E-state index contributed by atoms with van der Waals surface area (Å²) >= 11 is 1.60. The molecule has 2 heterocycles. The molecule has 0 aliphatic rings. The molecule has 2 N–H and O–H groups in total. The Morgan fingerprint density at radius 1 is 1.39 bits per heavy atom. The molecule has 0 bridgehead atoms. The van der Waals surface area contributed by atoms with Crippen molar-refractivity contribution in [3.05, 3.63) is 52.2 Å². The number of fused-ring (bicyclic) bond motifs is 1. The van der Waals surface area contributed by atoms with Gasteiger partial charge in [-0.05, 0) is 23.6 Å². The van der Waals surface area contributed by atoms with Crippen LogP contribution in [0.25, 0.3) is 11.0 Å². The lowest BCUT2D eigenvalue weighted by molar-refractivity contribution is 0.629. The molecule has 3 aromatic rings. The molecule has 0 saturated carbocycles. The van der Waals surface area contributed by atoms with E-state index in [0.717, 1.165) is 16.2 Å². The fourth-order valence-electron chi connectivity index (χ4n) is 2.07.